The molecule has 3 aromatic rings. The summed E-state index contributed by atoms with van der Waals surface area (Å²) in [7, 11) is 0. The van der Waals surface area contributed by atoms with Crippen molar-refractivity contribution in [3.8, 4) is 0 Å². The van der Waals surface area contributed by atoms with Gasteiger partial charge in [0, 0.05) is 28.0 Å². The van der Waals surface area contributed by atoms with Gasteiger partial charge in [-0.2, -0.15) is 4.98 Å². The number of hydrogen-bond acceptors (Lipinski definition) is 6. The second kappa shape index (κ2) is 8.19. The summed E-state index contributed by atoms with van der Waals surface area (Å²) in [6.45, 7) is 1.58. The highest BCUT2D eigenvalue weighted by Gasteiger charge is 2.15. The third-order valence-electron chi connectivity index (χ3n) is 3.63. The Morgan fingerprint density at radius 2 is 2.04 bits per heavy atom. The number of carbonyl (C=O) groups is 1. The topological polar surface area (TPSA) is 114 Å². The van der Waals surface area contributed by atoms with Crippen LogP contribution in [0.2, 0.25) is 5.02 Å². The Hall–Kier alpha value is -2.91. The van der Waals surface area contributed by atoms with E-state index in [-0.39, 0.29) is 11.6 Å². The number of nitrogens with one attached hydrogen (secondary N) is 2. The highest BCUT2D eigenvalue weighted by atomic mass is 35.5. The Bertz CT molecular complexity index is 990. The number of aromatic amines is 1. The first-order chi connectivity index (χ1) is 12.9. The van der Waals surface area contributed by atoms with Gasteiger partial charge >= 0.3 is 0 Å². The quantitative estimate of drug-likeness (QED) is 0.362. The molecule has 0 saturated heterocycles. The summed E-state index contributed by atoms with van der Waals surface area (Å²) < 4.78 is 0. The van der Waals surface area contributed by atoms with Crippen molar-refractivity contribution in [1.82, 2.24) is 15.2 Å². The molecular formula is C17H14ClN5O3S. The molecule has 1 heterocycles. The van der Waals surface area contributed by atoms with Gasteiger partial charge in [-0.3, -0.25) is 20.2 Å². The summed E-state index contributed by atoms with van der Waals surface area (Å²) in [4.78, 5) is 26.8. The maximum atomic E-state index is 12.3. The highest BCUT2D eigenvalue weighted by Crippen LogP contribution is 2.22. The molecule has 0 atom stereocenters. The van der Waals surface area contributed by atoms with E-state index in [1.165, 1.54) is 30.0 Å². The summed E-state index contributed by atoms with van der Waals surface area (Å²) in [6.07, 6.45) is 0. The SMILES string of the molecule is Cc1cc(C(=O)Nc2nc(SCc3ccc(Cl)cc3)n[nH]2)ccc1[N+](=O)[O-]. The van der Waals surface area contributed by atoms with E-state index >= 15 is 0 Å². The second-order valence-electron chi connectivity index (χ2n) is 5.59. The van der Waals surface area contributed by atoms with E-state index in [9.17, 15) is 14.9 Å². The van der Waals surface area contributed by atoms with E-state index in [2.05, 4.69) is 20.5 Å². The number of anilines is 1. The lowest BCUT2D eigenvalue weighted by molar-refractivity contribution is -0.385. The molecule has 2 N–H and O–H groups in total. The fourth-order valence-electron chi connectivity index (χ4n) is 2.28. The first-order valence-corrected chi connectivity index (χ1v) is 9.15. The summed E-state index contributed by atoms with van der Waals surface area (Å²) >= 11 is 7.26. The van der Waals surface area contributed by atoms with Crippen LogP contribution in [0.4, 0.5) is 11.6 Å². The molecule has 0 bridgehead atoms. The Morgan fingerprint density at radius 3 is 2.70 bits per heavy atom. The van der Waals surface area contributed by atoms with E-state index in [1.807, 2.05) is 24.3 Å². The van der Waals surface area contributed by atoms with E-state index in [4.69, 9.17) is 11.6 Å². The molecule has 0 spiro atoms. The molecule has 3 rings (SSSR count). The van der Waals surface area contributed by atoms with Gasteiger partial charge in [0.25, 0.3) is 11.6 Å². The van der Waals surface area contributed by atoms with Crippen molar-refractivity contribution >= 4 is 40.9 Å². The van der Waals surface area contributed by atoms with Gasteiger partial charge in [0.1, 0.15) is 0 Å². The number of nitro groups is 1. The lowest BCUT2D eigenvalue weighted by Crippen LogP contribution is -2.13. The number of nitrogens with zero attached hydrogens (tertiary/aromatic N) is 3. The second-order valence-corrected chi connectivity index (χ2v) is 6.97. The smallest absolute Gasteiger partial charge is 0.272 e. The van der Waals surface area contributed by atoms with Crippen LogP contribution in [0, 0.1) is 17.0 Å². The van der Waals surface area contributed by atoms with Crippen molar-refractivity contribution in [2.75, 3.05) is 5.32 Å². The number of amides is 1. The number of H-pyrrole nitrogens is 1. The molecule has 0 aliphatic carbocycles. The van der Waals surface area contributed by atoms with E-state index in [1.54, 1.807) is 6.92 Å². The van der Waals surface area contributed by atoms with Crippen molar-refractivity contribution in [1.29, 1.82) is 0 Å². The number of hydrogen-bond donors (Lipinski definition) is 2. The highest BCUT2D eigenvalue weighted by molar-refractivity contribution is 7.98. The molecule has 0 aliphatic rings. The van der Waals surface area contributed by atoms with E-state index < -0.39 is 10.8 Å². The molecule has 0 fully saturated rings. The third kappa shape index (κ3) is 4.83. The predicted molar refractivity (Wildman–Crippen MR) is 103 cm³/mol. The molecule has 0 aliphatic heterocycles. The Morgan fingerprint density at radius 1 is 1.30 bits per heavy atom. The van der Waals surface area contributed by atoms with Crippen LogP contribution in [0.5, 0.6) is 0 Å². The molecule has 0 radical (unpaired) electrons. The predicted octanol–water partition coefficient (Wildman–Crippen LogP) is 4.22. The van der Waals surface area contributed by atoms with Crippen LogP contribution in [-0.4, -0.2) is 26.0 Å². The first-order valence-electron chi connectivity index (χ1n) is 7.78. The Balaban J connectivity index is 1.61. The third-order valence-corrected chi connectivity index (χ3v) is 4.80. The van der Waals surface area contributed by atoms with Crippen LogP contribution in [-0.2, 0) is 5.75 Å². The molecule has 138 valence electrons. The zero-order chi connectivity index (χ0) is 19.4. The molecule has 0 saturated carbocycles. The minimum absolute atomic E-state index is 0.0351. The van der Waals surface area contributed by atoms with Crippen molar-refractivity contribution in [2.45, 2.75) is 17.8 Å². The fraction of sp³-hybridized carbons (Fsp3) is 0.118. The summed E-state index contributed by atoms with van der Waals surface area (Å²) in [5, 5.41) is 21.3. The maximum Gasteiger partial charge on any atom is 0.272 e. The number of benzene rings is 2. The standard InChI is InChI=1S/C17H14ClN5O3S/c1-10-8-12(4-7-14(10)23(25)26)15(24)19-16-20-17(22-21-16)27-9-11-2-5-13(18)6-3-11/h2-8H,9H2,1H3,(H2,19,20,21,22,24). The number of aryl methyl sites for hydroxylation is 1. The Kier molecular flexibility index (Phi) is 5.72. The number of rotatable bonds is 6. The molecule has 1 aromatic heterocycles. The minimum atomic E-state index is -0.488. The van der Waals surface area contributed by atoms with Crippen LogP contribution in [0.25, 0.3) is 0 Å². The summed E-state index contributed by atoms with van der Waals surface area (Å²) in [5.41, 5.74) is 1.74. The van der Waals surface area contributed by atoms with Gasteiger partial charge in [-0.05, 0) is 36.8 Å². The molecule has 1 amide bonds. The van der Waals surface area contributed by atoms with Crippen LogP contribution < -0.4 is 5.32 Å². The van der Waals surface area contributed by atoms with Crippen LogP contribution in [0.3, 0.4) is 0 Å². The maximum absolute atomic E-state index is 12.3. The average molecular weight is 404 g/mol. The van der Waals surface area contributed by atoms with Gasteiger partial charge in [-0.1, -0.05) is 35.5 Å². The zero-order valence-electron chi connectivity index (χ0n) is 14.1. The molecule has 10 heteroatoms. The van der Waals surface area contributed by atoms with Gasteiger partial charge in [0.2, 0.25) is 11.1 Å². The van der Waals surface area contributed by atoms with E-state index in [0.29, 0.717) is 27.1 Å². The lowest BCUT2D eigenvalue weighted by Gasteiger charge is -2.03. The van der Waals surface area contributed by atoms with Gasteiger partial charge in [0.15, 0.2) is 0 Å². The molecule has 0 unspecified atom stereocenters. The number of halogens is 1. The van der Waals surface area contributed by atoms with Gasteiger partial charge in [-0.25, -0.2) is 5.10 Å². The minimum Gasteiger partial charge on any atom is -0.291 e. The van der Waals surface area contributed by atoms with Gasteiger partial charge in [0.05, 0.1) is 4.92 Å². The molecule has 27 heavy (non-hydrogen) atoms. The van der Waals surface area contributed by atoms with Crippen LogP contribution in [0.1, 0.15) is 21.5 Å². The largest absolute Gasteiger partial charge is 0.291 e. The first kappa shape index (κ1) is 18.9. The summed E-state index contributed by atoms with van der Waals surface area (Å²) in [6, 6.07) is 11.6. The monoisotopic (exact) mass is 403 g/mol. The van der Waals surface area contributed by atoms with Crippen molar-refractivity contribution in [3.63, 3.8) is 0 Å². The fourth-order valence-corrected chi connectivity index (χ4v) is 3.16. The van der Waals surface area contributed by atoms with Crippen LogP contribution >= 0.6 is 23.4 Å². The molecule has 8 nitrogen and oxygen atoms in total. The number of thioether (sulfide) groups is 1. The van der Waals surface area contributed by atoms with Crippen molar-refractivity contribution in [2.24, 2.45) is 0 Å². The van der Waals surface area contributed by atoms with Gasteiger partial charge < -0.3 is 0 Å². The number of aromatic nitrogens is 3. The number of nitro benzene ring substituents is 1. The molecular weight excluding hydrogens is 390 g/mol. The average Bonchev–Trinajstić information content (AvgIpc) is 3.08. The molecule has 2 aromatic carbocycles. The van der Waals surface area contributed by atoms with E-state index in [0.717, 1.165) is 5.56 Å². The lowest BCUT2D eigenvalue weighted by atomic mass is 10.1. The number of carbonyl (C=O) groups excluding carboxylic acids is 1. The van der Waals surface area contributed by atoms with Crippen molar-refractivity contribution < 1.29 is 9.72 Å². The Labute approximate surface area is 163 Å². The van der Waals surface area contributed by atoms with Gasteiger partial charge in [-0.15, -0.1) is 5.10 Å². The normalized spacial score (nSPS) is 10.6. The zero-order valence-corrected chi connectivity index (χ0v) is 15.7. The van der Waals surface area contributed by atoms with Crippen LogP contribution in [0.15, 0.2) is 47.6 Å². The summed E-state index contributed by atoms with van der Waals surface area (Å²) in [5.74, 6) is 0.428. The van der Waals surface area contributed by atoms with Crippen molar-refractivity contribution in [3.05, 3.63) is 74.3 Å².